The number of anilines is 1. The number of fused-ring (bicyclic) bond motifs is 1. The Labute approximate surface area is 160 Å². The van der Waals surface area contributed by atoms with Crippen molar-refractivity contribution < 1.29 is 14.3 Å². The molecular weight excluding hydrogens is 340 g/mol. The summed E-state index contributed by atoms with van der Waals surface area (Å²) in [5.74, 6) is 0.954. The Balaban J connectivity index is 1.74. The highest BCUT2D eigenvalue weighted by Gasteiger charge is 2.25. The average Bonchev–Trinajstić information content (AvgIpc) is 2.64. The van der Waals surface area contributed by atoms with Gasteiger partial charge in [-0.05, 0) is 55.2 Å². The third kappa shape index (κ3) is 4.30. The SMILES string of the molecule is Cc1ccc2c(c1)N(Cc1ccc(C(=O)N[C@H](C)C(C)C)cc1)C(=O)CO2. The van der Waals surface area contributed by atoms with Gasteiger partial charge in [0.25, 0.3) is 11.8 Å². The summed E-state index contributed by atoms with van der Waals surface area (Å²) in [4.78, 5) is 26.4. The molecule has 27 heavy (non-hydrogen) atoms. The number of hydrogen-bond acceptors (Lipinski definition) is 3. The third-order valence-corrected chi connectivity index (χ3v) is 4.97. The van der Waals surface area contributed by atoms with E-state index in [2.05, 4.69) is 19.2 Å². The molecule has 1 aliphatic heterocycles. The highest BCUT2D eigenvalue weighted by Crippen LogP contribution is 2.33. The van der Waals surface area contributed by atoms with Crippen molar-refractivity contribution in [2.45, 2.75) is 40.3 Å². The summed E-state index contributed by atoms with van der Waals surface area (Å²) in [6, 6.07) is 13.3. The van der Waals surface area contributed by atoms with Gasteiger partial charge in [-0.3, -0.25) is 9.59 Å². The maximum absolute atomic E-state index is 12.4. The summed E-state index contributed by atoms with van der Waals surface area (Å²) in [5.41, 5.74) is 3.45. The van der Waals surface area contributed by atoms with E-state index in [1.54, 1.807) is 17.0 Å². The second kappa shape index (κ2) is 7.82. The van der Waals surface area contributed by atoms with Crippen LogP contribution in [0.1, 0.15) is 42.3 Å². The van der Waals surface area contributed by atoms with Crippen LogP contribution in [-0.4, -0.2) is 24.5 Å². The molecule has 0 spiro atoms. The van der Waals surface area contributed by atoms with E-state index in [1.807, 2.05) is 44.2 Å². The Morgan fingerprint density at radius 2 is 1.85 bits per heavy atom. The molecule has 0 aromatic heterocycles. The predicted molar refractivity (Wildman–Crippen MR) is 106 cm³/mol. The van der Waals surface area contributed by atoms with Crippen LogP contribution in [0.2, 0.25) is 0 Å². The molecule has 0 unspecified atom stereocenters. The summed E-state index contributed by atoms with van der Waals surface area (Å²) in [6.45, 7) is 8.63. The Hall–Kier alpha value is -2.82. The van der Waals surface area contributed by atoms with E-state index in [0.29, 0.717) is 18.0 Å². The molecule has 0 bridgehead atoms. The Morgan fingerprint density at radius 3 is 2.52 bits per heavy atom. The first-order valence-electron chi connectivity index (χ1n) is 9.29. The third-order valence-electron chi connectivity index (χ3n) is 4.97. The normalized spacial score (nSPS) is 14.6. The van der Waals surface area contributed by atoms with Gasteiger partial charge in [0.05, 0.1) is 12.2 Å². The van der Waals surface area contributed by atoms with E-state index in [9.17, 15) is 9.59 Å². The Kier molecular flexibility index (Phi) is 5.49. The number of nitrogens with zero attached hydrogens (tertiary/aromatic N) is 1. The molecule has 5 nitrogen and oxygen atoms in total. The lowest BCUT2D eigenvalue weighted by Crippen LogP contribution is -2.38. The number of nitrogens with one attached hydrogen (secondary N) is 1. The van der Waals surface area contributed by atoms with Gasteiger partial charge in [0.1, 0.15) is 5.75 Å². The smallest absolute Gasteiger partial charge is 0.265 e. The molecule has 2 amide bonds. The van der Waals surface area contributed by atoms with Crippen molar-refractivity contribution in [1.29, 1.82) is 0 Å². The van der Waals surface area contributed by atoms with Crippen LogP contribution in [0.3, 0.4) is 0 Å². The lowest BCUT2D eigenvalue weighted by atomic mass is 10.1. The summed E-state index contributed by atoms with van der Waals surface area (Å²) < 4.78 is 5.52. The van der Waals surface area contributed by atoms with Gasteiger partial charge in [0, 0.05) is 11.6 Å². The number of ether oxygens (including phenoxy) is 1. The highest BCUT2D eigenvalue weighted by atomic mass is 16.5. The second-order valence-corrected chi connectivity index (χ2v) is 7.44. The molecule has 1 aliphatic rings. The quantitative estimate of drug-likeness (QED) is 0.878. The Morgan fingerprint density at radius 1 is 1.15 bits per heavy atom. The van der Waals surface area contributed by atoms with Crippen molar-refractivity contribution in [2.24, 2.45) is 5.92 Å². The number of hydrogen-bond donors (Lipinski definition) is 1. The number of carbonyl (C=O) groups is 2. The monoisotopic (exact) mass is 366 g/mol. The lowest BCUT2D eigenvalue weighted by molar-refractivity contribution is -0.121. The van der Waals surface area contributed by atoms with Crippen LogP contribution in [0.25, 0.3) is 0 Å². The molecule has 0 aliphatic carbocycles. The second-order valence-electron chi connectivity index (χ2n) is 7.44. The molecule has 0 saturated carbocycles. The van der Waals surface area contributed by atoms with Gasteiger partial charge in [0.15, 0.2) is 6.61 Å². The molecule has 1 N–H and O–H groups in total. The molecular formula is C22H26N2O3. The molecule has 142 valence electrons. The number of rotatable bonds is 5. The van der Waals surface area contributed by atoms with Crippen molar-refractivity contribution in [3.63, 3.8) is 0 Å². The molecule has 1 atom stereocenters. The zero-order valence-electron chi connectivity index (χ0n) is 16.3. The molecule has 2 aromatic carbocycles. The van der Waals surface area contributed by atoms with Gasteiger partial charge in [-0.1, -0.05) is 32.0 Å². The first-order chi connectivity index (χ1) is 12.8. The van der Waals surface area contributed by atoms with Gasteiger partial charge in [-0.15, -0.1) is 0 Å². The van der Waals surface area contributed by atoms with Crippen molar-refractivity contribution in [1.82, 2.24) is 5.32 Å². The minimum absolute atomic E-state index is 0.0453. The van der Waals surface area contributed by atoms with Crippen LogP contribution >= 0.6 is 0 Å². The van der Waals surface area contributed by atoms with Crippen LogP contribution in [0.5, 0.6) is 5.75 Å². The number of aryl methyl sites for hydroxylation is 1. The Bertz CT molecular complexity index is 843. The van der Waals surface area contributed by atoms with E-state index >= 15 is 0 Å². The predicted octanol–water partition coefficient (Wildman–Crippen LogP) is 3.69. The fraction of sp³-hybridized carbons (Fsp3) is 0.364. The summed E-state index contributed by atoms with van der Waals surface area (Å²) in [6.07, 6.45) is 0. The van der Waals surface area contributed by atoms with Gasteiger partial charge >= 0.3 is 0 Å². The van der Waals surface area contributed by atoms with E-state index in [1.165, 1.54) is 0 Å². The van der Waals surface area contributed by atoms with Crippen molar-refractivity contribution >= 4 is 17.5 Å². The largest absolute Gasteiger partial charge is 0.482 e. The minimum Gasteiger partial charge on any atom is -0.482 e. The van der Waals surface area contributed by atoms with Gasteiger partial charge < -0.3 is 15.0 Å². The van der Waals surface area contributed by atoms with E-state index < -0.39 is 0 Å². The van der Waals surface area contributed by atoms with E-state index in [0.717, 1.165) is 22.6 Å². The molecule has 0 saturated heterocycles. The standard InChI is InChI=1S/C22H26N2O3/c1-14(2)16(4)23-22(26)18-8-6-17(7-9-18)12-24-19-11-15(3)5-10-20(19)27-13-21(24)25/h5-11,14,16H,12-13H2,1-4H3,(H,23,26)/t16-/m1/s1. The van der Waals surface area contributed by atoms with E-state index in [4.69, 9.17) is 4.74 Å². The first kappa shape index (κ1) is 19.0. The summed E-state index contributed by atoms with van der Waals surface area (Å²) in [5, 5.41) is 3.00. The fourth-order valence-electron chi connectivity index (χ4n) is 2.89. The minimum atomic E-state index is -0.0776. The van der Waals surface area contributed by atoms with E-state index in [-0.39, 0.29) is 24.5 Å². The number of amides is 2. The molecule has 0 radical (unpaired) electrons. The van der Waals surface area contributed by atoms with Crippen LogP contribution in [0.15, 0.2) is 42.5 Å². The van der Waals surface area contributed by atoms with Crippen LogP contribution in [-0.2, 0) is 11.3 Å². The molecule has 3 rings (SSSR count). The maximum atomic E-state index is 12.4. The van der Waals surface area contributed by atoms with Gasteiger partial charge in [0.2, 0.25) is 0 Å². The number of benzene rings is 2. The summed E-state index contributed by atoms with van der Waals surface area (Å²) in [7, 11) is 0. The zero-order chi connectivity index (χ0) is 19.6. The first-order valence-corrected chi connectivity index (χ1v) is 9.29. The highest BCUT2D eigenvalue weighted by molar-refractivity contribution is 5.98. The molecule has 5 heteroatoms. The lowest BCUT2D eigenvalue weighted by Gasteiger charge is -2.29. The summed E-state index contributed by atoms with van der Waals surface area (Å²) >= 11 is 0. The van der Waals surface area contributed by atoms with Crippen LogP contribution in [0.4, 0.5) is 5.69 Å². The van der Waals surface area contributed by atoms with Crippen LogP contribution in [0, 0.1) is 12.8 Å². The van der Waals surface area contributed by atoms with Crippen molar-refractivity contribution in [3.05, 3.63) is 59.2 Å². The topological polar surface area (TPSA) is 58.6 Å². The number of carbonyl (C=O) groups excluding carboxylic acids is 2. The molecule has 0 fully saturated rings. The zero-order valence-corrected chi connectivity index (χ0v) is 16.3. The van der Waals surface area contributed by atoms with Crippen LogP contribution < -0.4 is 15.0 Å². The maximum Gasteiger partial charge on any atom is 0.265 e. The van der Waals surface area contributed by atoms with Crippen molar-refractivity contribution in [2.75, 3.05) is 11.5 Å². The van der Waals surface area contributed by atoms with Gasteiger partial charge in [-0.25, -0.2) is 0 Å². The van der Waals surface area contributed by atoms with Gasteiger partial charge in [-0.2, -0.15) is 0 Å². The van der Waals surface area contributed by atoms with Crippen molar-refractivity contribution in [3.8, 4) is 5.75 Å². The fourth-order valence-corrected chi connectivity index (χ4v) is 2.89. The molecule has 2 aromatic rings. The molecule has 1 heterocycles. The average molecular weight is 366 g/mol.